The molecule has 6 heteroatoms. The van der Waals surface area contributed by atoms with Gasteiger partial charge in [-0.05, 0) is 32.9 Å². The molecule has 0 aromatic heterocycles. The van der Waals surface area contributed by atoms with E-state index in [0.29, 0.717) is 5.57 Å². The number of fused-ring (bicyclic) bond motifs is 4. The molecule has 5 atom stereocenters. The highest BCUT2D eigenvalue weighted by Gasteiger charge is 2.56. The summed E-state index contributed by atoms with van der Waals surface area (Å²) in [5.74, 6) is -1.92. The minimum Gasteiger partial charge on any atom is -0.458 e. The Morgan fingerprint density at radius 3 is 2.69 bits per heavy atom. The summed E-state index contributed by atoms with van der Waals surface area (Å²) >= 11 is 0. The summed E-state index contributed by atoms with van der Waals surface area (Å²) < 4.78 is 17.3. The molecule has 0 N–H and O–H groups in total. The first-order valence-corrected chi connectivity index (χ1v) is 8.50. The molecule has 0 saturated carbocycles. The van der Waals surface area contributed by atoms with E-state index in [1.54, 1.807) is 32.9 Å². The Labute approximate surface area is 152 Å². The molecule has 0 aromatic carbocycles. The topological polar surface area (TPSA) is 78.9 Å². The van der Waals surface area contributed by atoms with Crippen molar-refractivity contribution in [2.24, 2.45) is 5.92 Å². The molecule has 26 heavy (non-hydrogen) atoms. The van der Waals surface area contributed by atoms with Crippen LogP contribution < -0.4 is 0 Å². The van der Waals surface area contributed by atoms with Crippen molar-refractivity contribution in [3.63, 3.8) is 0 Å². The Bertz CT molecular complexity index is 773. The van der Waals surface area contributed by atoms with E-state index in [2.05, 4.69) is 13.2 Å². The molecular weight excluding hydrogens is 336 g/mol. The Morgan fingerprint density at radius 2 is 2.04 bits per heavy atom. The van der Waals surface area contributed by atoms with E-state index in [9.17, 15) is 14.4 Å². The maximum absolute atomic E-state index is 12.3. The van der Waals surface area contributed by atoms with Gasteiger partial charge in [-0.25, -0.2) is 9.59 Å². The van der Waals surface area contributed by atoms with Crippen LogP contribution in [0, 0.1) is 5.92 Å². The Morgan fingerprint density at radius 1 is 1.35 bits per heavy atom. The van der Waals surface area contributed by atoms with Crippen molar-refractivity contribution >= 4 is 17.7 Å². The van der Waals surface area contributed by atoms with Crippen LogP contribution in [0.5, 0.6) is 0 Å². The van der Waals surface area contributed by atoms with Gasteiger partial charge in [-0.15, -0.1) is 0 Å². The van der Waals surface area contributed by atoms with Crippen molar-refractivity contribution in [1.29, 1.82) is 0 Å². The molecule has 138 valence electrons. The zero-order valence-corrected chi connectivity index (χ0v) is 15.1. The van der Waals surface area contributed by atoms with Crippen molar-refractivity contribution in [2.75, 3.05) is 0 Å². The van der Waals surface area contributed by atoms with Crippen LogP contribution in [0.2, 0.25) is 0 Å². The molecule has 3 aliphatic heterocycles. The van der Waals surface area contributed by atoms with Crippen LogP contribution in [0.4, 0.5) is 0 Å². The average Bonchev–Trinajstić information content (AvgIpc) is 2.76. The quantitative estimate of drug-likeness (QED) is 0.556. The van der Waals surface area contributed by atoms with E-state index >= 15 is 0 Å². The van der Waals surface area contributed by atoms with Gasteiger partial charge in [0.05, 0.1) is 11.5 Å². The number of carbonyl (C=O) groups excluding carboxylic acids is 3. The van der Waals surface area contributed by atoms with Gasteiger partial charge in [0.25, 0.3) is 0 Å². The van der Waals surface area contributed by atoms with Gasteiger partial charge in [-0.1, -0.05) is 19.2 Å². The molecule has 3 rings (SSSR count). The maximum Gasteiger partial charge on any atom is 0.334 e. The largest absolute Gasteiger partial charge is 0.458 e. The first kappa shape index (κ1) is 18.3. The van der Waals surface area contributed by atoms with E-state index in [1.807, 2.05) is 0 Å². The normalized spacial score (nSPS) is 37.0. The molecule has 0 spiro atoms. The van der Waals surface area contributed by atoms with Crippen molar-refractivity contribution in [1.82, 2.24) is 0 Å². The van der Waals surface area contributed by atoms with Gasteiger partial charge in [0.2, 0.25) is 0 Å². The molecule has 6 nitrogen and oxygen atoms in total. The smallest absolute Gasteiger partial charge is 0.334 e. The molecule has 0 aromatic rings. The molecule has 0 radical (unpaired) electrons. The number of hydrogen-bond donors (Lipinski definition) is 0. The minimum atomic E-state index is -0.869. The predicted molar refractivity (Wildman–Crippen MR) is 93.0 cm³/mol. The fourth-order valence-corrected chi connectivity index (χ4v) is 3.56. The fraction of sp³-hybridized carbons (Fsp3) is 0.450. The number of hydrogen-bond acceptors (Lipinski definition) is 6. The van der Waals surface area contributed by atoms with Gasteiger partial charge < -0.3 is 14.2 Å². The lowest BCUT2D eigenvalue weighted by molar-refractivity contribution is -0.148. The number of esters is 2. The van der Waals surface area contributed by atoms with Crippen LogP contribution >= 0.6 is 0 Å². The van der Waals surface area contributed by atoms with E-state index in [1.165, 1.54) is 6.08 Å². The van der Waals surface area contributed by atoms with Crippen LogP contribution in [0.3, 0.4) is 0 Å². The van der Waals surface area contributed by atoms with Crippen LogP contribution in [0.1, 0.15) is 27.2 Å². The van der Waals surface area contributed by atoms with Crippen LogP contribution in [0.15, 0.2) is 48.1 Å². The van der Waals surface area contributed by atoms with E-state index in [0.717, 1.165) is 0 Å². The van der Waals surface area contributed by atoms with Gasteiger partial charge in [-0.3, -0.25) is 4.79 Å². The van der Waals surface area contributed by atoms with Crippen molar-refractivity contribution in [3.05, 3.63) is 48.1 Å². The number of ether oxygens (including phenoxy) is 3. The number of carbonyl (C=O) groups is 3. The van der Waals surface area contributed by atoms with Gasteiger partial charge in [0, 0.05) is 23.1 Å². The van der Waals surface area contributed by atoms with Crippen LogP contribution in [-0.2, 0) is 28.6 Å². The first-order valence-electron chi connectivity index (χ1n) is 8.50. The molecule has 5 unspecified atom stereocenters. The number of ketones is 1. The highest BCUT2D eigenvalue weighted by Crippen LogP contribution is 2.45. The summed E-state index contributed by atoms with van der Waals surface area (Å²) in [5, 5.41) is 0. The summed E-state index contributed by atoms with van der Waals surface area (Å²) in [6.45, 7) is 12.8. The molecule has 2 saturated heterocycles. The third-order valence-corrected chi connectivity index (χ3v) is 5.22. The van der Waals surface area contributed by atoms with Gasteiger partial charge in [-0.2, -0.15) is 0 Å². The lowest BCUT2D eigenvalue weighted by atomic mass is 9.82. The van der Waals surface area contributed by atoms with Gasteiger partial charge in [0.1, 0.15) is 18.3 Å². The fourth-order valence-electron chi connectivity index (χ4n) is 3.56. The SMILES string of the molecule is C=C1C(=O)C=CC2(C)CC(OC(=O)C(C)=CC)C3C(=C)C(=O)OC3C1O2. The molecule has 0 amide bonds. The summed E-state index contributed by atoms with van der Waals surface area (Å²) in [4.78, 5) is 36.7. The minimum absolute atomic E-state index is 0.207. The van der Waals surface area contributed by atoms with Crippen molar-refractivity contribution in [3.8, 4) is 0 Å². The molecule has 3 aliphatic rings. The summed E-state index contributed by atoms with van der Waals surface area (Å²) in [6, 6.07) is 0. The van der Waals surface area contributed by atoms with Gasteiger partial charge >= 0.3 is 11.9 Å². The summed E-state index contributed by atoms with van der Waals surface area (Å²) in [5.41, 5.74) is 0.0155. The zero-order chi connectivity index (χ0) is 19.2. The molecule has 2 bridgehead atoms. The Hall–Kier alpha value is -2.47. The second kappa shape index (κ2) is 6.36. The van der Waals surface area contributed by atoms with Crippen molar-refractivity contribution in [2.45, 2.75) is 51.1 Å². The lowest BCUT2D eigenvalue weighted by Crippen LogP contribution is -2.40. The third kappa shape index (κ3) is 2.94. The van der Waals surface area contributed by atoms with Gasteiger partial charge in [0.15, 0.2) is 5.78 Å². The Balaban J connectivity index is 2.05. The highest BCUT2D eigenvalue weighted by atomic mass is 16.6. The summed E-state index contributed by atoms with van der Waals surface area (Å²) in [6.07, 6.45) is 2.67. The van der Waals surface area contributed by atoms with E-state index < -0.39 is 41.8 Å². The number of allylic oxidation sites excluding steroid dienone is 2. The molecule has 0 aliphatic carbocycles. The van der Waals surface area contributed by atoms with E-state index in [-0.39, 0.29) is 23.4 Å². The second-order valence-corrected chi connectivity index (χ2v) is 7.11. The predicted octanol–water partition coefficient (Wildman–Crippen LogP) is 2.20. The Kier molecular flexibility index (Phi) is 4.48. The molecule has 3 heterocycles. The average molecular weight is 358 g/mol. The second-order valence-electron chi connectivity index (χ2n) is 7.11. The molecule has 2 fully saturated rings. The zero-order valence-electron chi connectivity index (χ0n) is 15.1. The van der Waals surface area contributed by atoms with Crippen LogP contribution in [0.25, 0.3) is 0 Å². The summed E-state index contributed by atoms with van der Waals surface area (Å²) in [7, 11) is 0. The highest BCUT2D eigenvalue weighted by molar-refractivity contribution is 6.05. The van der Waals surface area contributed by atoms with Crippen molar-refractivity contribution < 1.29 is 28.6 Å². The maximum atomic E-state index is 12.3. The van der Waals surface area contributed by atoms with Crippen LogP contribution in [-0.4, -0.2) is 41.6 Å². The first-order chi connectivity index (χ1) is 12.2. The monoisotopic (exact) mass is 358 g/mol. The standard InChI is InChI=1S/C20H22O6/c1-6-10(2)18(22)24-14-9-20(5)8-7-13(21)11(3)16(26-20)17-15(14)12(4)19(23)25-17/h6-8,14-17H,3-4,9H2,1-2,5H3. The lowest BCUT2D eigenvalue weighted by Gasteiger charge is -2.29. The third-order valence-electron chi connectivity index (χ3n) is 5.22. The number of rotatable bonds is 2. The van der Waals surface area contributed by atoms with E-state index in [4.69, 9.17) is 14.2 Å². The molecular formula is C20H22O6.